The zero-order valence-electron chi connectivity index (χ0n) is 15.6. The summed E-state index contributed by atoms with van der Waals surface area (Å²) in [5, 5.41) is 10.2. The van der Waals surface area contributed by atoms with Gasteiger partial charge in [0.2, 0.25) is 0 Å². The highest BCUT2D eigenvalue weighted by Gasteiger charge is 2.14. The minimum absolute atomic E-state index is 0. The van der Waals surface area contributed by atoms with Crippen molar-refractivity contribution in [2.24, 2.45) is 0 Å². The molecule has 5 heteroatoms. The Morgan fingerprint density at radius 1 is 0.920 bits per heavy atom. The van der Waals surface area contributed by atoms with Gasteiger partial charge in [-0.15, -0.1) is 12.4 Å². The maximum Gasteiger partial charge on any atom is 0.120 e. The monoisotopic (exact) mass is 367 g/mol. The van der Waals surface area contributed by atoms with Crippen molar-refractivity contribution >= 4 is 12.4 Å². The zero-order chi connectivity index (χ0) is 16.8. The molecule has 142 valence electrons. The molecule has 25 heavy (non-hydrogen) atoms. The number of aromatic hydroxyl groups is 1. The predicted molar refractivity (Wildman–Crippen MR) is 107 cm³/mol. The van der Waals surface area contributed by atoms with Crippen LogP contribution in [0.15, 0.2) is 18.2 Å². The minimum Gasteiger partial charge on any atom is -0.508 e. The molecule has 2 saturated heterocycles. The number of phenols is 1. The zero-order valence-corrected chi connectivity index (χ0v) is 16.4. The summed E-state index contributed by atoms with van der Waals surface area (Å²) in [6.45, 7) is 9.23. The Morgan fingerprint density at radius 2 is 1.64 bits per heavy atom. The number of halogens is 1. The number of aryl methyl sites for hydroxylation is 1. The van der Waals surface area contributed by atoms with E-state index in [0.717, 1.165) is 18.5 Å². The van der Waals surface area contributed by atoms with Crippen molar-refractivity contribution in [3.63, 3.8) is 0 Å². The largest absolute Gasteiger partial charge is 0.508 e. The van der Waals surface area contributed by atoms with Crippen molar-refractivity contribution in [2.75, 3.05) is 52.9 Å². The molecule has 1 aromatic carbocycles. The molecule has 3 rings (SSSR count). The van der Waals surface area contributed by atoms with Crippen molar-refractivity contribution < 1.29 is 5.11 Å². The average molecular weight is 368 g/mol. The minimum atomic E-state index is 0. The van der Waals surface area contributed by atoms with Crippen LogP contribution in [0, 0.1) is 0 Å². The molecule has 4 nitrogen and oxygen atoms in total. The molecule has 0 bridgehead atoms. The first-order chi connectivity index (χ1) is 11.7. The van der Waals surface area contributed by atoms with Crippen LogP contribution in [0.2, 0.25) is 0 Å². The second kappa shape index (κ2) is 10.4. The van der Waals surface area contributed by atoms with Crippen LogP contribution in [0.4, 0.5) is 0 Å². The number of piperazine rings is 1. The van der Waals surface area contributed by atoms with Crippen molar-refractivity contribution in [1.29, 1.82) is 0 Å². The Bertz CT molecular complexity index is 512. The fraction of sp³-hybridized carbons (Fsp3) is 0.700. The van der Waals surface area contributed by atoms with E-state index in [0.29, 0.717) is 5.75 Å². The summed E-state index contributed by atoms with van der Waals surface area (Å²) in [5.41, 5.74) is 2.47. The normalized spacial score (nSPS) is 20.4. The van der Waals surface area contributed by atoms with E-state index in [1.165, 1.54) is 77.1 Å². The van der Waals surface area contributed by atoms with Gasteiger partial charge in [-0.05, 0) is 64.0 Å². The summed E-state index contributed by atoms with van der Waals surface area (Å²) in [7, 11) is 2.21. The Morgan fingerprint density at radius 3 is 2.36 bits per heavy atom. The lowest BCUT2D eigenvalue weighted by Gasteiger charge is -2.32. The molecule has 0 atom stereocenters. The molecule has 0 radical (unpaired) electrons. The van der Waals surface area contributed by atoms with Crippen molar-refractivity contribution in [3.05, 3.63) is 29.3 Å². The van der Waals surface area contributed by atoms with Crippen LogP contribution in [0.1, 0.15) is 36.8 Å². The van der Waals surface area contributed by atoms with Crippen LogP contribution in [0.5, 0.6) is 5.75 Å². The van der Waals surface area contributed by atoms with E-state index in [2.05, 4.69) is 33.9 Å². The molecule has 0 aliphatic carbocycles. The van der Waals surface area contributed by atoms with Crippen LogP contribution in [0.25, 0.3) is 0 Å². The molecular weight excluding hydrogens is 334 g/mol. The fourth-order valence-corrected chi connectivity index (χ4v) is 3.86. The highest BCUT2D eigenvalue weighted by atomic mass is 35.5. The molecule has 2 aliphatic heterocycles. The van der Waals surface area contributed by atoms with E-state index in [9.17, 15) is 5.11 Å². The topological polar surface area (TPSA) is 30.0 Å². The number of piperidine rings is 1. The molecule has 2 aliphatic rings. The van der Waals surface area contributed by atoms with Gasteiger partial charge < -0.3 is 14.9 Å². The Kier molecular flexibility index (Phi) is 8.50. The van der Waals surface area contributed by atoms with Gasteiger partial charge in [-0.1, -0.05) is 18.6 Å². The van der Waals surface area contributed by atoms with Crippen molar-refractivity contribution in [2.45, 2.75) is 38.6 Å². The second-order valence-corrected chi connectivity index (χ2v) is 7.55. The fourth-order valence-electron chi connectivity index (χ4n) is 3.86. The first kappa shape index (κ1) is 20.5. The van der Waals surface area contributed by atoms with Crippen LogP contribution in [-0.2, 0) is 13.0 Å². The number of likely N-dealkylation sites (N-methyl/N-ethyl adjacent to an activating group) is 1. The second-order valence-electron chi connectivity index (χ2n) is 7.55. The van der Waals surface area contributed by atoms with Crippen LogP contribution < -0.4 is 0 Å². The number of benzene rings is 1. The van der Waals surface area contributed by atoms with E-state index >= 15 is 0 Å². The lowest BCUT2D eigenvalue weighted by molar-refractivity contribution is 0.153. The van der Waals surface area contributed by atoms with Gasteiger partial charge in [0.15, 0.2) is 0 Å². The van der Waals surface area contributed by atoms with Crippen LogP contribution >= 0.6 is 12.4 Å². The van der Waals surface area contributed by atoms with Crippen molar-refractivity contribution in [1.82, 2.24) is 14.7 Å². The van der Waals surface area contributed by atoms with E-state index in [4.69, 9.17) is 0 Å². The summed E-state index contributed by atoms with van der Waals surface area (Å²) in [6.07, 6.45) is 6.27. The molecule has 0 saturated carbocycles. The summed E-state index contributed by atoms with van der Waals surface area (Å²) < 4.78 is 0. The lowest BCUT2D eigenvalue weighted by atomic mass is 10.0. The molecule has 2 fully saturated rings. The van der Waals surface area contributed by atoms with Gasteiger partial charge in [0.25, 0.3) is 0 Å². The van der Waals surface area contributed by atoms with Gasteiger partial charge in [-0.2, -0.15) is 0 Å². The van der Waals surface area contributed by atoms with E-state index in [1.807, 2.05) is 6.07 Å². The highest BCUT2D eigenvalue weighted by molar-refractivity contribution is 5.85. The number of hydrogen-bond donors (Lipinski definition) is 1. The molecular formula is C20H34ClN3O. The lowest BCUT2D eigenvalue weighted by Crippen LogP contribution is -2.44. The smallest absolute Gasteiger partial charge is 0.120 e. The Labute approximate surface area is 159 Å². The molecule has 0 spiro atoms. The third-order valence-electron chi connectivity index (χ3n) is 5.52. The van der Waals surface area contributed by atoms with Gasteiger partial charge >= 0.3 is 0 Å². The first-order valence-corrected chi connectivity index (χ1v) is 9.65. The maximum absolute atomic E-state index is 10.2. The van der Waals surface area contributed by atoms with Gasteiger partial charge in [0.1, 0.15) is 5.75 Å². The van der Waals surface area contributed by atoms with Gasteiger partial charge in [-0.3, -0.25) is 4.90 Å². The third-order valence-corrected chi connectivity index (χ3v) is 5.52. The molecule has 0 aromatic heterocycles. The SMILES string of the molecule is CN1CCN(CCCc2ccc(O)c(CN3CCCCC3)c2)CC1.Cl. The van der Waals surface area contributed by atoms with Gasteiger partial charge in [-0.25, -0.2) is 0 Å². The number of phenolic OH excluding ortho intramolecular Hbond substituents is 1. The summed E-state index contributed by atoms with van der Waals surface area (Å²) in [6, 6.07) is 6.22. The van der Waals surface area contributed by atoms with E-state index < -0.39 is 0 Å². The quantitative estimate of drug-likeness (QED) is 0.837. The number of nitrogens with zero attached hydrogens (tertiary/aromatic N) is 3. The molecule has 0 unspecified atom stereocenters. The van der Waals surface area contributed by atoms with Crippen LogP contribution in [0.3, 0.4) is 0 Å². The molecule has 1 aromatic rings. The maximum atomic E-state index is 10.2. The number of rotatable bonds is 6. The summed E-state index contributed by atoms with van der Waals surface area (Å²) >= 11 is 0. The van der Waals surface area contributed by atoms with Gasteiger partial charge in [0.05, 0.1) is 0 Å². The Balaban J connectivity index is 0.00000225. The van der Waals surface area contributed by atoms with Crippen molar-refractivity contribution in [3.8, 4) is 5.75 Å². The average Bonchev–Trinajstić information content (AvgIpc) is 2.60. The summed E-state index contributed by atoms with van der Waals surface area (Å²) in [5.74, 6) is 0.461. The molecule has 0 amide bonds. The summed E-state index contributed by atoms with van der Waals surface area (Å²) in [4.78, 5) is 7.46. The third kappa shape index (κ3) is 6.45. The number of likely N-dealkylation sites (tertiary alicyclic amines) is 1. The van der Waals surface area contributed by atoms with E-state index in [1.54, 1.807) is 0 Å². The van der Waals surface area contributed by atoms with Crippen LogP contribution in [-0.4, -0.2) is 72.7 Å². The predicted octanol–water partition coefficient (Wildman–Crippen LogP) is 2.98. The number of hydrogen-bond acceptors (Lipinski definition) is 4. The standard InChI is InChI=1S/C20H33N3O.ClH/c1-21-12-14-22(15-13-21)11-5-6-18-7-8-20(24)19(16-18)17-23-9-3-2-4-10-23;/h7-8,16,24H,2-6,9-15,17H2,1H3;1H. The Hall–Kier alpha value is -0.810. The van der Waals surface area contributed by atoms with E-state index in [-0.39, 0.29) is 12.4 Å². The first-order valence-electron chi connectivity index (χ1n) is 9.65. The van der Waals surface area contributed by atoms with Gasteiger partial charge in [0, 0.05) is 38.3 Å². The highest BCUT2D eigenvalue weighted by Crippen LogP contribution is 2.23. The molecule has 1 N–H and O–H groups in total. The molecule has 2 heterocycles.